The summed E-state index contributed by atoms with van der Waals surface area (Å²) < 4.78 is 0. The molecule has 1 aromatic carbocycles. The minimum absolute atomic E-state index is 0.498. The van der Waals surface area contributed by atoms with Crippen LogP contribution in [0.25, 0.3) is 27.4 Å². The normalized spacial score (nSPS) is 10.7. The first-order chi connectivity index (χ1) is 8.83. The van der Waals surface area contributed by atoms with Crippen molar-refractivity contribution in [3.05, 3.63) is 58.1 Å². The number of pyridine rings is 1. The molecule has 0 aliphatic carbocycles. The Bertz CT molecular complexity index is 625. The molecule has 2 rings (SSSR count). The molecule has 0 saturated carbocycles. The van der Waals surface area contributed by atoms with Crippen LogP contribution in [0.4, 0.5) is 0 Å². The molecule has 0 amide bonds. The van der Waals surface area contributed by atoms with Crippen LogP contribution in [0.3, 0.4) is 0 Å². The third-order valence-electron chi connectivity index (χ3n) is 2.83. The molecule has 4 heteroatoms. The first-order valence-corrected chi connectivity index (χ1v) is 5.84. The molecule has 18 heavy (non-hydrogen) atoms. The van der Waals surface area contributed by atoms with Crippen LogP contribution in [0.15, 0.2) is 41.7 Å². The van der Waals surface area contributed by atoms with Gasteiger partial charge in [-0.15, -0.1) is 0 Å². The van der Waals surface area contributed by atoms with Crippen LogP contribution in [0.1, 0.15) is 17.5 Å². The van der Waals surface area contributed by atoms with Gasteiger partial charge in [0.2, 0.25) is 0 Å². The highest BCUT2D eigenvalue weighted by Crippen LogP contribution is 2.20. The second kappa shape index (κ2) is 5.84. The van der Waals surface area contributed by atoms with Crippen molar-refractivity contribution in [2.75, 3.05) is 6.54 Å². The first kappa shape index (κ1) is 12.1. The molecule has 0 unspecified atom stereocenters. The topological polar surface area (TPSA) is 61.7 Å². The Hall–Kier alpha value is -2.32. The molecular weight excluding hydrogens is 224 g/mol. The van der Waals surface area contributed by atoms with E-state index in [4.69, 9.17) is 5.53 Å². The lowest BCUT2D eigenvalue weighted by molar-refractivity contribution is 0.995. The van der Waals surface area contributed by atoms with Crippen LogP contribution in [0.2, 0.25) is 0 Å². The summed E-state index contributed by atoms with van der Waals surface area (Å²) in [6, 6.07) is 8.16. The van der Waals surface area contributed by atoms with Crippen LogP contribution in [0.5, 0.6) is 0 Å². The fraction of sp³-hybridized carbons (Fsp3) is 0.214. The number of aryl methyl sites for hydroxylation is 1. The molecule has 0 spiro atoms. The molecule has 0 fully saturated rings. The summed E-state index contributed by atoms with van der Waals surface area (Å²) in [7, 11) is 0. The number of rotatable bonds is 4. The third-order valence-corrected chi connectivity index (χ3v) is 2.83. The molecule has 0 aliphatic rings. The molecule has 0 N–H and O–H groups in total. The molecule has 1 heterocycles. The van der Waals surface area contributed by atoms with Crippen molar-refractivity contribution in [3.63, 3.8) is 0 Å². The maximum absolute atomic E-state index is 8.17. The Balaban J connectivity index is 2.23. The quantitative estimate of drug-likeness (QED) is 0.340. The van der Waals surface area contributed by atoms with Gasteiger partial charge in [-0.2, -0.15) is 0 Å². The molecule has 0 bridgehead atoms. The predicted octanol–water partition coefficient (Wildman–Crippen LogP) is 4.26. The van der Waals surface area contributed by atoms with Gasteiger partial charge in [-0.25, -0.2) is 0 Å². The summed E-state index contributed by atoms with van der Waals surface area (Å²) in [6.45, 7) is 2.57. The highest BCUT2D eigenvalue weighted by molar-refractivity contribution is 5.84. The largest absolute Gasteiger partial charge is 0.256 e. The van der Waals surface area contributed by atoms with Gasteiger partial charge < -0.3 is 0 Å². The van der Waals surface area contributed by atoms with Gasteiger partial charge in [-0.05, 0) is 36.1 Å². The standard InChI is InChI=1S/C14H14N4/c1-11-12(5-2-3-10-17-18-15)7-8-13-6-4-9-16-14(11)13/h2,4-9H,3,10H2,1H3. The van der Waals surface area contributed by atoms with E-state index in [2.05, 4.69) is 46.2 Å². The summed E-state index contributed by atoms with van der Waals surface area (Å²) in [5.74, 6) is 0. The fourth-order valence-corrected chi connectivity index (χ4v) is 1.87. The minimum atomic E-state index is 0.498. The van der Waals surface area contributed by atoms with Gasteiger partial charge in [0.1, 0.15) is 0 Å². The number of aromatic nitrogens is 1. The molecule has 0 atom stereocenters. The Morgan fingerprint density at radius 1 is 1.39 bits per heavy atom. The molecule has 2 aromatic rings. The van der Waals surface area contributed by atoms with E-state index in [-0.39, 0.29) is 0 Å². The van der Waals surface area contributed by atoms with Crippen molar-refractivity contribution in [1.82, 2.24) is 4.98 Å². The van der Waals surface area contributed by atoms with E-state index in [9.17, 15) is 0 Å². The van der Waals surface area contributed by atoms with Crippen LogP contribution in [0, 0.1) is 6.92 Å². The highest BCUT2D eigenvalue weighted by atomic mass is 15.1. The Labute approximate surface area is 106 Å². The third kappa shape index (κ3) is 2.67. The van der Waals surface area contributed by atoms with Crippen molar-refractivity contribution in [1.29, 1.82) is 0 Å². The van der Waals surface area contributed by atoms with Crippen LogP contribution in [-0.4, -0.2) is 11.5 Å². The van der Waals surface area contributed by atoms with E-state index >= 15 is 0 Å². The van der Waals surface area contributed by atoms with Gasteiger partial charge in [0.25, 0.3) is 0 Å². The van der Waals surface area contributed by atoms with Gasteiger partial charge >= 0.3 is 0 Å². The number of fused-ring (bicyclic) bond motifs is 1. The van der Waals surface area contributed by atoms with E-state index in [1.807, 2.05) is 18.3 Å². The second-order valence-electron chi connectivity index (χ2n) is 4.00. The van der Waals surface area contributed by atoms with Gasteiger partial charge in [-0.1, -0.05) is 35.5 Å². The smallest absolute Gasteiger partial charge is 0.0737 e. The van der Waals surface area contributed by atoms with Crippen molar-refractivity contribution < 1.29 is 0 Å². The molecule has 0 aliphatic heterocycles. The zero-order valence-electron chi connectivity index (χ0n) is 10.2. The van der Waals surface area contributed by atoms with E-state index in [0.717, 1.165) is 22.9 Å². The average Bonchev–Trinajstić information content (AvgIpc) is 2.41. The summed E-state index contributed by atoms with van der Waals surface area (Å²) >= 11 is 0. The van der Waals surface area contributed by atoms with Gasteiger partial charge in [-0.3, -0.25) is 4.98 Å². The van der Waals surface area contributed by atoms with Crippen LogP contribution < -0.4 is 0 Å². The zero-order chi connectivity index (χ0) is 12.8. The Morgan fingerprint density at radius 2 is 2.28 bits per heavy atom. The van der Waals surface area contributed by atoms with Gasteiger partial charge in [0.15, 0.2) is 0 Å². The van der Waals surface area contributed by atoms with Gasteiger partial charge in [0.05, 0.1) is 5.52 Å². The monoisotopic (exact) mass is 238 g/mol. The lowest BCUT2D eigenvalue weighted by Gasteiger charge is -2.04. The number of azide groups is 1. The first-order valence-electron chi connectivity index (χ1n) is 5.84. The maximum atomic E-state index is 8.17. The summed E-state index contributed by atoms with van der Waals surface area (Å²) in [6.07, 6.45) is 6.64. The number of hydrogen-bond donors (Lipinski definition) is 0. The fourth-order valence-electron chi connectivity index (χ4n) is 1.87. The SMILES string of the molecule is Cc1c(C=CCCN=[N+]=[N-])ccc2cccnc12. The van der Waals surface area contributed by atoms with Crippen molar-refractivity contribution in [3.8, 4) is 0 Å². The molecule has 90 valence electrons. The maximum Gasteiger partial charge on any atom is 0.0737 e. The van der Waals surface area contributed by atoms with E-state index in [1.54, 1.807) is 0 Å². The van der Waals surface area contributed by atoms with E-state index in [1.165, 1.54) is 5.56 Å². The summed E-state index contributed by atoms with van der Waals surface area (Å²) in [4.78, 5) is 7.12. The lowest BCUT2D eigenvalue weighted by Crippen LogP contribution is -1.86. The zero-order valence-corrected chi connectivity index (χ0v) is 10.2. The predicted molar refractivity (Wildman–Crippen MR) is 74.1 cm³/mol. The lowest BCUT2D eigenvalue weighted by atomic mass is 10.0. The summed E-state index contributed by atoms with van der Waals surface area (Å²) in [5, 5.41) is 4.65. The van der Waals surface area contributed by atoms with Crippen molar-refractivity contribution >= 4 is 17.0 Å². The molecule has 4 nitrogen and oxygen atoms in total. The van der Waals surface area contributed by atoms with Gasteiger partial charge in [0, 0.05) is 23.0 Å². The Kier molecular flexibility index (Phi) is 3.94. The molecule has 0 saturated heterocycles. The second-order valence-corrected chi connectivity index (χ2v) is 4.00. The van der Waals surface area contributed by atoms with Crippen LogP contribution in [-0.2, 0) is 0 Å². The Morgan fingerprint density at radius 3 is 3.11 bits per heavy atom. The van der Waals surface area contributed by atoms with Crippen LogP contribution >= 0.6 is 0 Å². The van der Waals surface area contributed by atoms with E-state index < -0.39 is 0 Å². The number of benzene rings is 1. The van der Waals surface area contributed by atoms with Crippen molar-refractivity contribution in [2.24, 2.45) is 5.11 Å². The molecular formula is C14H14N4. The average molecular weight is 238 g/mol. The molecule has 0 radical (unpaired) electrons. The van der Waals surface area contributed by atoms with Crippen molar-refractivity contribution in [2.45, 2.75) is 13.3 Å². The van der Waals surface area contributed by atoms with E-state index in [0.29, 0.717) is 6.54 Å². The minimum Gasteiger partial charge on any atom is -0.256 e. The number of nitrogens with zero attached hydrogens (tertiary/aromatic N) is 4. The number of hydrogen-bond acceptors (Lipinski definition) is 2. The highest BCUT2D eigenvalue weighted by Gasteiger charge is 2.01. The summed E-state index contributed by atoms with van der Waals surface area (Å²) in [5.41, 5.74) is 11.5. The molecule has 1 aromatic heterocycles.